The molecule has 1 N–H and O–H groups in total. The van der Waals surface area contributed by atoms with Gasteiger partial charge in [-0.1, -0.05) is 5.11 Å². The van der Waals surface area contributed by atoms with Crippen LogP contribution in [-0.4, -0.2) is 18.1 Å². The highest BCUT2D eigenvalue weighted by atomic mass is 16.4. The number of carboxylic acids is 1. The molecule has 0 unspecified atom stereocenters. The normalized spacial score (nSPS) is 5.25. The molecule has 8 heavy (non-hydrogen) atoms. The molecular formula is C3H7N3O2. The number of carboxylic acid groups (broad SMARTS) is 1. The van der Waals surface area contributed by atoms with Crippen LogP contribution in [0.2, 0.25) is 0 Å². The van der Waals surface area contributed by atoms with Crippen molar-refractivity contribution in [1.29, 1.82) is 0 Å². The Balaban J connectivity index is 0. The van der Waals surface area contributed by atoms with Crippen LogP contribution in [-0.2, 0) is 4.79 Å². The Bertz CT molecular complexity index is 101. The summed E-state index contributed by atoms with van der Waals surface area (Å²) in [6.45, 7) is 1.08. The number of hydrogen-bond donors (Lipinski definition) is 1. The molecule has 0 spiro atoms. The molecule has 46 valence electrons. The molecule has 5 nitrogen and oxygen atoms in total. The monoisotopic (exact) mass is 117 g/mol. The van der Waals surface area contributed by atoms with Crippen molar-refractivity contribution in [3.63, 3.8) is 0 Å². The van der Waals surface area contributed by atoms with Crippen LogP contribution >= 0.6 is 0 Å². The Morgan fingerprint density at radius 3 is 2.00 bits per heavy atom. The number of nitrogens with zero attached hydrogens (tertiary/aromatic N) is 3. The van der Waals surface area contributed by atoms with Gasteiger partial charge < -0.3 is 5.11 Å². The van der Waals surface area contributed by atoms with Crippen LogP contribution in [0.15, 0.2) is 5.11 Å². The third-order valence-corrected chi connectivity index (χ3v) is 0.0894. The van der Waals surface area contributed by atoms with Gasteiger partial charge in [0, 0.05) is 18.9 Å². The molecule has 0 atom stereocenters. The third kappa shape index (κ3) is 1410. The van der Waals surface area contributed by atoms with Crippen molar-refractivity contribution < 1.29 is 9.90 Å². The first-order valence-electron chi connectivity index (χ1n) is 1.77. The van der Waals surface area contributed by atoms with E-state index in [0.29, 0.717) is 0 Å². The summed E-state index contributed by atoms with van der Waals surface area (Å²) in [6.07, 6.45) is 0. The number of azide groups is 1. The van der Waals surface area contributed by atoms with E-state index in [-0.39, 0.29) is 0 Å². The molecule has 0 radical (unpaired) electrons. The largest absolute Gasteiger partial charge is 0.481 e. The van der Waals surface area contributed by atoms with Gasteiger partial charge >= 0.3 is 0 Å². The van der Waals surface area contributed by atoms with Crippen molar-refractivity contribution in [2.75, 3.05) is 7.05 Å². The summed E-state index contributed by atoms with van der Waals surface area (Å²) in [7, 11) is 1.39. The van der Waals surface area contributed by atoms with Crippen LogP contribution in [0.4, 0.5) is 0 Å². The van der Waals surface area contributed by atoms with Crippen molar-refractivity contribution in [3.8, 4) is 0 Å². The molecule has 0 rings (SSSR count). The Labute approximate surface area is 46.6 Å². The lowest BCUT2D eigenvalue weighted by molar-refractivity contribution is -0.134. The summed E-state index contributed by atoms with van der Waals surface area (Å²) in [6, 6.07) is 0. The fraction of sp³-hybridized carbons (Fsp3) is 0.667. The second-order valence-corrected chi connectivity index (χ2v) is 0.808. The van der Waals surface area contributed by atoms with E-state index < -0.39 is 5.97 Å². The van der Waals surface area contributed by atoms with Crippen LogP contribution < -0.4 is 0 Å². The highest BCUT2D eigenvalue weighted by Crippen LogP contribution is 1.46. The average Bonchev–Trinajstić information content (AvgIpc) is 1.65. The molecule has 0 fully saturated rings. The van der Waals surface area contributed by atoms with Gasteiger partial charge in [-0.2, -0.15) is 0 Å². The molecule has 0 aromatic carbocycles. The maximum absolute atomic E-state index is 9.00. The van der Waals surface area contributed by atoms with Gasteiger partial charge in [0.15, 0.2) is 0 Å². The summed E-state index contributed by atoms with van der Waals surface area (Å²) < 4.78 is 0. The minimum atomic E-state index is -0.833. The van der Waals surface area contributed by atoms with Crippen LogP contribution in [0, 0.1) is 0 Å². The Morgan fingerprint density at radius 2 is 2.00 bits per heavy atom. The van der Waals surface area contributed by atoms with Crippen LogP contribution in [0.25, 0.3) is 10.4 Å². The lowest BCUT2D eigenvalue weighted by Crippen LogP contribution is -1.78. The van der Waals surface area contributed by atoms with E-state index in [4.69, 9.17) is 15.4 Å². The van der Waals surface area contributed by atoms with E-state index in [1.165, 1.54) is 7.05 Å². The lowest BCUT2D eigenvalue weighted by Gasteiger charge is -1.59. The number of aliphatic carboxylic acids is 1. The van der Waals surface area contributed by atoms with Crippen molar-refractivity contribution in [1.82, 2.24) is 0 Å². The smallest absolute Gasteiger partial charge is 0.300 e. The van der Waals surface area contributed by atoms with Gasteiger partial charge in [0.2, 0.25) is 0 Å². The zero-order valence-electron chi connectivity index (χ0n) is 4.70. The van der Waals surface area contributed by atoms with Crippen LogP contribution in [0.5, 0.6) is 0 Å². The summed E-state index contributed by atoms with van der Waals surface area (Å²) in [5, 5.41) is 10.3. The van der Waals surface area contributed by atoms with Gasteiger partial charge in [0.1, 0.15) is 0 Å². The molecule has 0 aromatic rings. The van der Waals surface area contributed by atoms with Gasteiger partial charge in [-0.3, -0.25) is 4.79 Å². The van der Waals surface area contributed by atoms with Gasteiger partial charge in [-0.05, 0) is 5.53 Å². The molecule has 0 saturated carbocycles. The topological polar surface area (TPSA) is 86.1 Å². The molecule has 5 heteroatoms. The minimum Gasteiger partial charge on any atom is -0.481 e. The number of hydrogen-bond acceptors (Lipinski definition) is 2. The highest BCUT2D eigenvalue weighted by Gasteiger charge is 1.65. The first kappa shape index (κ1) is 9.91. The zero-order chi connectivity index (χ0) is 6.99. The number of carbonyl (C=O) groups is 1. The first-order valence-corrected chi connectivity index (χ1v) is 1.77. The van der Waals surface area contributed by atoms with E-state index in [9.17, 15) is 0 Å². The molecule has 0 bridgehead atoms. The highest BCUT2D eigenvalue weighted by molar-refractivity contribution is 5.62. The second-order valence-electron chi connectivity index (χ2n) is 0.808. The first-order chi connectivity index (χ1) is 3.65. The minimum absolute atomic E-state index is 0.833. The summed E-state index contributed by atoms with van der Waals surface area (Å²) in [4.78, 5) is 11.4. The van der Waals surface area contributed by atoms with Crippen LogP contribution in [0.1, 0.15) is 6.92 Å². The second kappa shape index (κ2) is 9.24. The Kier molecular flexibility index (Phi) is 11.5. The van der Waals surface area contributed by atoms with Crippen molar-refractivity contribution in [3.05, 3.63) is 10.4 Å². The van der Waals surface area contributed by atoms with E-state index in [1.807, 2.05) is 0 Å². The van der Waals surface area contributed by atoms with E-state index in [0.717, 1.165) is 6.92 Å². The predicted octanol–water partition coefficient (Wildman–Crippen LogP) is 1.02. The third-order valence-electron chi connectivity index (χ3n) is 0.0894. The summed E-state index contributed by atoms with van der Waals surface area (Å²) >= 11 is 0. The SMILES string of the molecule is CC(=O)O.CN=[N+]=[N-]. The van der Waals surface area contributed by atoms with Crippen molar-refractivity contribution >= 4 is 5.97 Å². The van der Waals surface area contributed by atoms with Gasteiger partial charge in [-0.15, -0.1) is 0 Å². The summed E-state index contributed by atoms with van der Waals surface area (Å²) in [5.41, 5.74) is 7.33. The molecule has 0 aromatic heterocycles. The quantitative estimate of drug-likeness (QED) is 0.291. The Morgan fingerprint density at radius 1 is 1.88 bits per heavy atom. The van der Waals surface area contributed by atoms with E-state index in [1.54, 1.807) is 0 Å². The molecule has 0 aliphatic heterocycles. The maximum atomic E-state index is 9.00. The molecular weight excluding hydrogens is 110 g/mol. The van der Waals surface area contributed by atoms with Gasteiger partial charge in [0.05, 0.1) is 0 Å². The van der Waals surface area contributed by atoms with Gasteiger partial charge in [0.25, 0.3) is 5.97 Å². The molecule has 0 heterocycles. The Hall–Kier alpha value is -1.22. The fourth-order valence-electron chi connectivity index (χ4n) is 0. The summed E-state index contributed by atoms with van der Waals surface area (Å²) in [5.74, 6) is -0.833. The maximum Gasteiger partial charge on any atom is 0.300 e. The predicted molar refractivity (Wildman–Crippen MR) is 28.4 cm³/mol. The standard InChI is InChI=1S/C2H4O2.CH3N3/c1-2(3)4;1-3-4-2/h1H3,(H,3,4);1H3. The molecule has 0 aliphatic carbocycles. The number of rotatable bonds is 0. The average molecular weight is 117 g/mol. The fourth-order valence-corrected chi connectivity index (χ4v) is 0. The molecule has 0 saturated heterocycles. The van der Waals surface area contributed by atoms with Crippen LogP contribution in [0.3, 0.4) is 0 Å². The van der Waals surface area contributed by atoms with E-state index >= 15 is 0 Å². The zero-order valence-corrected chi connectivity index (χ0v) is 4.70. The van der Waals surface area contributed by atoms with Crippen molar-refractivity contribution in [2.45, 2.75) is 6.92 Å². The molecule has 0 amide bonds. The van der Waals surface area contributed by atoms with E-state index in [2.05, 4.69) is 10.0 Å². The molecule has 0 aliphatic rings. The lowest BCUT2D eigenvalue weighted by atomic mass is 10.9. The van der Waals surface area contributed by atoms with Crippen molar-refractivity contribution in [2.24, 2.45) is 5.11 Å². The van der Waals surface area contributed by atoms with Gasteiger partial charge in [-0.25, -0.2) is 0 Å².